The molecule has 0 spiro atoms. The summed E-state index contributed by atoms with van der Waals surface area (Å²) in [6.07, 6.45) is 0. The maximum atomic E-state index is 11.7. The van der Waals surface area contributed by atoms with Crippen molar-refractivity contribution < 1.29 is 14.3 Å². The number of anilines is 2. The van der Waals surface area contributed by atoms with Crippen LogP contribution in [0.5, 0.6) is 0 Å². The zero-order valence-corrected chi connectivity index (χ0v) is 10.2. The molecule has 2 heterocycles. The van der Waals surface area contributed by atoms with E-state index in [0.717, 1.165) is 18.8 Å². The molecular formula is C13H14N2O3. The van der Waals surface area contributed by atoms with E-state index in [-0.39, 0.29) is 0 Å². The minimum Gasteiger partial charge on any atom is -0.378 e. The molecule has 1 aromatic carbocycles. The van der Waals surface area contributed by atoms with Gasteiger partial charge in [-0.25, -0.2) is 0 Å². The van der Waals surface area contributed by atoms with Gasteiger partial charge < -0.3 is 14.5 Å². The fraction of sp³-hybridized carbons (Fsp3) is 0.385. The molecule has 0 unspecified atom stereocenters. The van der Waals surface area contributed by atoms with Crippen molar-refractivity contribution in [3.05, 3.63) is 23.8 Å². The van der Waals surface area contributed by atoms with Gasteiger partial charge in [0, 0.05) is 25.8 Å². The number of benzene rings is 1. The van der Waals surface area contributed by atoms with Crippen LogP contribution in [-0.2, 0) is 9.53 Å². The Morgan fingerprint density at radius 1 is 1.17 bits per heavy atom. The minimum atomic E-state index is -0.455. The molecule has 0 saturated carbocycles. The van der Waals surface area contributed by atoms with Gasteiger partial charge in [0.25, 0.3) is 11.7 Å². The van der Waals surface area contributed by atoms with Gasteiger partial charge in [-0.2, -0.15) is 0 Å². The molecule has 0 bridgehead atoms. The van der Waals surface area contributed by atoms with Gasteiger partial charge >= 0.3 is 0 Å². The van der Waals surface area contributed by atoms with Gasteiger partial charge in [0.2, 0.25) is 0 Å². The normalized spacial score (nSPS) is 19.4. The minimum absolute atomic E-state index is 0.416. The Balaban J connectivity index is 1.97. The molecule has 0 aromatic heterocycles. The Morgan fingerprint density at radius 2 is 1.89 bits per heavy atom. The second kappa shape index (κ2) is 4.10. The van der Waals surface area contributed by atoms with Crippen molar-refractivity contribution in [3.63, 3.8) is 0 Å². The first kappa shape index (κ1) is 11.2. The molecule has 0 atom stereocenters. The molecule has 1 saturated heterocycles. The van der Waals surface area contributed by atoms with Crippen molar-refractivity contribution in [3.8, 4) is 0 Å². The fourth-order valence-electron chi connectivity index (χ4n) is 2.38. The highest BCUT2D eigenvalue weighted by Crippen LogP contribution is 2.32. The molecule has 1 aromatic rings. The molecule has 2 aliphatic rings. The van der Waals surface area contributed by atoms with Crippen LogP contribution in [0.2, 0.25) is 0 Å². The van der Waals surface area contributed by atoms with Crippen LogP contribution in [0.3, 0.4) is 0 Å². The maximum absolute atomic E-state index is 11.7. The molecule has 3 rings (SSSR count). The van der Waals surface area contributed by atoms with Gasteiger partial charge in [0.15, 0.2) is 0 Å². The van der Waals surface area contributed by atoms with E-state index in [2.05, 4.69) is 4.90 Å². The second-order valence-electron chi connectivity index (χ2n) is 4.49. The van der Waals surface area contributed by atoms with E-state index >= 15 is 0 Å². The third-order valence-corrected chi connectivity index (χ3v) is 3.46. The number of ether oxygens (including phenoxy) is 1. The molecule has 2 aliphatic heterocycles. The highest BCUT2D eigenvalue weighted by Gasteiger charge is 2.33. The van der Waals surface area contributed by atoms with Gasteiger partial charge in [-0.1, -0.05) is 0 Å². The van der Waals surface area contributed by atoms with Crippen molar-refractivity contribution in [2.75, 3.05) is 43.2 Å². The van der Waals surface area contributed by atoms with Crippen molar-refractivity contribution in [2.45, 2.75) is 0 Å². The lowest BCUT2D eigenvalue weighted by Gasteiger charge is -2.29. The quantitative estimate of drug-likeness (QED) is 0.684. The summed E-state index contributed by atoms with van der Waals surface area (Å²) >= 11 is 0. The molecular weight excluding hydrogens is 232 g/mol. The lowest BCUT2D eigenvalue weighted by molar-refractivity contribution is -0.114. The first-order valence-electron chi connectivity index (χ1n) is 5.97. The average molecular weight is 246 g/mol. The van der Waals surface area contributed by atoms with E-state index in [1.54, 1.807) is 13.1 Å². The van der Waals surface area contributed by atoms with Crippen LogP contribution in [0.4, 0.5) is 11.4 Å². The molecule has 0 radical (unpaired) electrons. The lowest BCUT2D eigenvalue weighted by Crippen LogP contribution is -2.36. The number of nitrogens with zero attached hydrogens (tertiary/aromatic N) is 2. The number of morpholine rings is 1. The van der Waals surface area contributed by atoms with Crippen LogP contribution < -0.4 is 9.80 Å². The number of fused-ring (bicyclic) bond motifs is 1. The molecule has 0 aliphatic carbocycles. The van der Waals surface area contributed by atoms with E-state index in [0.29, 0.717) is 24.5 Å². The number of likely N-dealkylation sites (N-methyl/N-ethyl adjacent to an activating group) is 1. The second-order valence-corrected chi connectivity index (χ2v) is 4.49. The van der Waals surface area contributed by atoms with Gasteiger partial charge in [0.1, 0.15) is 0 Å². The Bertz CT molecular complexity index is 521. The van der Waals surface area contributed by atoms with Gasteiger partial charge in [-0.3, -0.25) is 9.59 Å². The number of hydrogen-bond donors (Lipinski definition) is 0. The highest BCUT2D eigenvalue weighted by molar-refractivity contribution is 6.52. The highest BCUT2D eigenvalue weighted by atomic mass is 16.5. The van der Waals surface area contributed by atoms with Crippen molar-refractivity contribution in [1.82, 2.24) is 0 Å². The fourth-order valence-corrected chi connectivity index (χ4v) is 2.38. The van der Waals surface area contributed by atoms with Crippen molar-refractivity contribution in [1.29, 1.82) is 0 Å². The molecule has 1 fully saturated rings. The van der Waals surface area contributed by atoms with Crippen LogP contribution in [0.15, 0.2) is 18.2 Å². The number of carbonyl (C=O) groups excluding carboxylic acids is 2. The van der Waals surface area contributed by atoms with Crippen LogP contribution in [0.1, 0.15) is 10.4 Å². The van der Waals surface area contributed by atoms with Crippen LogP contribution in [-0.4, -0.2) is 45.0 Å². The zero-order valence-electron chi connectivity index (χ0n) is 10.2. The molecule has 1 amide bonds. The number of Topliss-reactive ketones (excluding diaryl/α,β-unsaturated/α-hetero) is 1. The molecule has 0 N–H and O–H groups in total. The predicted octanol–water partition coefficient (Wildman–Crippen LogP) is 0.682. The first-order chi connectivity index (χ1) is 8.68. The molecule has 5 nitrogen and oxygen atoms in total. The maximum Gasteiger partial charge on any atom is 0.299 e. The van der Waals surface area contributed by atoms with Crippen molar-refractivity contribution >= 4 is 23.1 Å². The first-order valence-corrected chi connectivity index (χ1v) is 5.97. The molecule has 18 heavy (non-hydrogen) atoms. The van der Waals surface area contributed by atoms with Crippen LogP contribution in [0, 0.1) is 0 Å². The average Bonchev–Trinajstić information content (AvgIpc) is 2.65. The predicted molar refractivity (Wildman–Crippen MR) is 67.2 cm³/mol. The summed E-state index contributed by atoms with van der Waals surface area (Å²) in [4.78, 5) is 26.9. The van der Waals surface area contributed by atoms with Gasteiger partial charge in [0.05, 0.1) is 24.5 Å². The summed E-state index contributed by atoms with van der Waals surface area (Å²) in [5.41, 5.74) is 2.24. The summed E-state index contributed by atoms with van der Waals surface area (Å²) in [5.74, 6) is -0.870. The van der Waals surface area contributed by atoms with Gasteiger partial charge in [-0.05, 0) is 18.2 Å². The standard InChI is InChI=1S/C13H14N2O3/c1-14-11-8-9(15-4-6-18-7-5-15)2-3-10(11)12(16)13(14)17/h2-3,8H,4-7H2,1H3. The number of hydrogen-bond acceptors (Lipinski definition) is 4. The number of amides is 1. The zero-order chi connectivity index (χ0) is 12.7. The largest absolute Gasteiger partial charge is 0.378 e. The summed E-state index contributed by atoms with van der Waals surface area (Å²) in [6, 6.07) is 5.54. The van der Waals surface area contributed by atoms with E-state index in [9.17, 15) is 9.59 Å². The van der Waals surface area contributed by atoms with Crippen LogP contribution >= 0.6 is 0 Å². The number of carbonyl (C=O) groups is 2. The smallest absolute Gasteiger partial charge is 0.299 e. The SMILES string of the molecule is CN1C(=O)C(=O)c2ccc(N3CCOCC3)cc21. The number of rotatable bonds is 1. The summed E-state index contributed by atoms with van der Waals surface area (Å²) < 4.78 is 5.31. The van der Waals surface area contributed by atoms with E-state index in [1.165, 1.54) is 4.90 Å². The summed E-state index contributed by atoms with van der Waals surface area (Å²) in [5, 5.41) is 0. The van der Waals surface area contributed by atoms with E-state index in [1.807, 2.05) is 12.1 Å². The Morgan fingerprint density at radius 3 is 2.61 bits per heavy atom. The molecule has 5 heteroatoms. The molecule has 94 valence electrons. The van der Waals surface area contributed by atoms with Crippen molar-refractivity contribution in [2.24, 2.45) is 0 Å². The monoisotopic (exact) mass is 246 g/mol. The Labute approximate surface area is 105 Å². The topological polar surface area (TPSA) is 49.9 Å². The number of ketones is 1. The third kappa shape index (κ3) is 1.59. The summed E-state index contributed by atoms with van der Waals surface area (Å²) in [7, 11) is 1.63. The van der Waals surface area contributed by atoms with E-state index < -0.39 is 11.7 Å². The van der Waals surface area contributed by atoms with Crippen LogP contribution in [0.25, 0.3) is 0 Å². The Hall–Kier alpha value is -1.88. The van der Waals surface area contributed by atoms with Gasteiger partial charge in [-0.15, -0.1) is 0 Å². The summed E-state index contributed by atoms with van der Waals surface area (Å²) in [6.45, 7) is 3.10. The Kier molecular flexibility index (Phi) is 2.56. The lowest BCUT2D eigenvalue weighted by atomic mass is 10.1. The third-order valence-electron chi connectivity index (χ3n) is 3.46. The van der Waals surface area contributed by atoms with E-state index in [4.69, 9.17) is 4.74 Å².